The van der Waals surface area contributed by atoms with Gasteiger partial charge in [0.15, 0.2) is 0 Å². The molecule has 0 aromatic heterocycles. The Bertz CT molecular complexity index is 1010. The van der Waals surface area contributed by atoms with Gasteiger partial charge in [-0.3, -0.25) is 4.79 Å². The van der Waals surface area contributed by atoms with Crippen LogP contribution in [0.1, 0.15) is 53.6 Å². The van der Waals surface area contributed by atoms with E-state index in [4.69, 9.17) is 0 Å². The minimum atomic E-state index is -0.287. The summed E-state index contributed by atoms with van der Waals surface area (Å²) in [7, 11) is 0. The highest BCUT2D eigenvalue weighted by atomic mass is 19.1. The summed E-state index contributed by atoms with van der Waals surface area (Å²) >= 11 is 0. The van der Waals surface area contributed by atoms with Crippen LogP contribution in [0.2, 0.25) is 0 Å². The predicted molar refractivity (Wildman–Crippen MR) is 121 cm³/mol. The van der Waals surface area contributed by atoms with Crippen molar-refractivity contribution in [3.63, 3.8) is 0 Å². The van der Waals surface area contributed by atoms with E-state index in [1.807, 2.05) is 4.90 Å². The number of piperidine rings is 2. The van der Waals surface area contributed by atoms with Crippen LogP contribution in [-0.4, -0.2) is 46.9 Å². The van der Waals surface area contributed by atoms with Crippen LogP contribution in [0.3, 0.4) is 0 Å². The molecular weight excluding hydrogens is 407 g/mol. The lowest BCUT2D eigenvalue weighted by molar-refractivity contribution is 0.0555. The maximum absolute atomic E-state index is 13.4. The van der Waals surface area contributed by atoms with Crippen molar-refractivity contribution < 1.29 is 14.0 Å². The van der Waals surface area contributed by atoms with Crippen molar-refractivity contribution in [3.8, 4) is 0 Å². The molecule has 2 fully saturated rings. The molecule has 1 spiro atoms. The molecule has 7 heteroatoms. The summed E-state index contributed by atoms with van der Waals surface area (Å²) in [6, 6.07) is 11.5. The molecule has 5 rings (SSSR count). The number of carbonyl (C=O) groups is 2. The van der Waals surface area contributed by atoms with Crippen molar-refractivity contribution in [2.75, 3.05) is 25.0 Å². The normalized spacial score (nSPS) is 22.7. The lowest BCUT2D eigenvalue weighted by Gasteiger charge is -2.46. The van der Waals surface area contributed by atoms with E-state index >= 15 is 0 Å². The number of hydrogen-bond acceptors (Lipinski definition) is 3. The van der Waals surface area contributed by atoms with E-state index in [1.54, 1.807) is 35.2 Å². The van der Waals surface area contributed by atoms with Gasteiger partial charge in [-0.25, -0.2) is 9.18 Å². The summed E-state index contributed by atoms with van der Waals surface area (Å²) in [5, 5.41) is 6.55. The first-order chi connectivity index (χ1) is 15.5. The summed E-state index contributed by atoms with van der Waals surface area (Å²) in [5.74, 6) is -0.239. The number of benzene rings is 2. The van der Waals surface area contributed by atoms with Gasteiger partial charge >= 0.3 is 6.03 Å². The number of anilines is 1. The molecule has 0 bridgehead atoms. The molecule has 2 saturated heterocycles. The molecule has 0 saturated carbocycles. The van der Waals surface area contributed by atoms with E-state index in [-0.39, 0.29) is 23.3 Å². The topological polar surface area (TPSA) is 64.7 Å². The van der Waals surface area contributed by atoms with Crippen molar-refractivity contribution in [1.82, 2.24) is 15.1 Å². The van der Waals surface area contributed by atoms with Gasteiger partial charge in [0.05, 0.1) is 0 Å². The molecule has 2 aromatic carbocycles. The van der Waals surface area contributed by atoms with Crippen LogP contribution in [0.25, 0.3) is 0 Å². The number of rotatable bonds is 2. The van der Waals surface area contributed by atoms with Crippen molar-refractivity contribution in [3.05, 3.63) is 65.0 Å². The van der Waals surface area contributed by atoms with E-state index in [9.17, 15) is 14.0 Å². The number of halogens is 1. The Kier molecular flexibility index (Phi) is 5.59. The lowest BCUT2D eigenvalue weighted by Crippen LogP contribution is -2.59. The number of hydrogen-bond donors (Lipinski definition) is 2. The Morgan fingerprint density at radius 3 is 2.50 bits per heavy atom. The summed E-state index contributed by atoms with van der Waals surface area (Å²) in [6.07, 6.45) is 5.72. The number of likely N-dealkylation sites (tertiary alicyclic amines) is 1. The molecule has 3 aliphatic rings. The van der Waals surface area contributed by atoms with E-state index in [2.05, 4.69) is 10.6 Å². The quantitative estimate of drug-likeness (QED) is 0.744. The van der Waals surface area contributed by atoms with Crippen LogP contribution in [0.4, 0.5) is 14.9 Å². The van der Waals surface area contributed by atoms with Crippen molar-refractivity contribution >= 4 is 17.6 Å². The number of carbonyl (C=O) groups excluding carboxylic acids is 2. The number of amides is 3. The first kappa shape index (κ1) is 20.9. The zero-order valence-corrected chi connectivity index (χ0v) is 18.2. The molecule has 1 atom stereocenters. The monoisotopic (exact) mass is 436 g/mol. The number of nitrogens with one attached hydrogen (secondary N) is 2. The molecule has 0 radical (unpaired) electrons. The molecule has 2 N–H and O–H groups in total. The largest absolute Gasteiger partial charge is 0.337 e. The van der Waals surface area contributed by atoms with Crippen molar-refractivity contribution in [2.24, 2.45) is 0 Å². The standard InChI is InChI=1S/C25H29FN4O2/c26-21-7-4-19-15-30(16-20(19)14-21)24(32)28-22-8-5-18(6-9-22)23(31)29-13-3-11-25(17-29)10-1-2-12-27-25/h4-9,14,27H,1-3,10-13,15-17H2,(H,28,32). The van der Waals surface area contributed by atoms with E-state index in [0.717, 1.165) is 50.0 Å². The maximum atomic E-state index is 13.4. The number of urea groups is 1. The fraction of sp³-hybridized carbons (Fsp3) is 0.440. The third kappa shape index (κ3) is 4.21. The van der Waals surface area contributed by atoms with Gasteiger partial charge in [0.25, 0.3) is 5.91 Å². The smallest absolute Gasteiger partial charge is 0.322 e. The molecule has 3 aliphatic heterocycles. The second-order valence-corrected chi connectivity index (χ2v) is 9.27. The van der Waals surface area contributed by atoms with Gasteiger partial charge in [-0.15, -0.1) is 0 Å². The van der Waals surface area contributed by atoms with Gasteiger partial charge in [-0.05, 0) is 79.8 Å². The molecular formula is C25H29FN4O2. The summed E-state index contributed by atoms with van der Waals surface area (Å²) < 4.78 is 13.4. The molecule has 168 valence electrons. The van der Waals surface area contributed by atoms with E-state index < -0.39 is 0 Å². The van der Waals surface area contributed by atoms with Gasteiger partial charge in [-0.2, -0.15) is 0 Å². The molecule has 6 nitrogen and oxygen atoms in total. The predicted octanol–water partition coefficient (Wildman–Crippen LogP) is 4.12. The molecule has 3 amide bonds. The van der Waals surface area contributed by atoms with Crippen LogP contribution in [0, 0.1) is 5.82 Å². The Labute approximate surface area is 187 Å². The van der Waals surface area contributed by atoms with Gasteiger partial charge in [0.2, 0.25) is 0 Å². The second-order valence-electron chi connectivity index (χ2n) is 9.27. The van der Waals surface area contributed by atoms with Gasteiger partial charge in [-0.1, -0.05) is 12.5 Å². The Balaban J connectivity index is 1.20. The Morgan fingerprint density at radius 1 is 0.938 bits per heavy atom. The maximum Gasteiger partial charge on any atom is 0.322 e. The highest BCUT2D eigenvalue weighted by molar-refractivity contribution is 5.95. The Morgan fingerprint density at radius 2 is 1.72 bits per heavy atom. The fourth-order valence-electron chi connectivity index (χ4n) is 5.27. The van der Waals surface area contributed by atoms with Crippen LogP contribution in [0.5, 0.6) is 0 Å². The SMILES string of the molecule is O=C(Nc1ccc(C(=O)N2CCCC3(CCCCN3)C2)cc1)N1Cc2ccc(F)cc2C1. The third-order valence-corrected chi connectivity index (χ3v) is 7.01. The zero-order valence-electron chi connectivity index (χ0n) is 18.2. The second kappa shape index (κ2) is 8.54. The first-order valence-corrected chi connectivity index (χ1v) is 11.5. The Hall–Kier alpha value is -2.93. The van der Waals surface area contributed by atoms with Crippen molar-refractivity contribution in [2.45, 2.75) is 50.7 Å². The van der Waals surface area contributed by atoms with Crippen LogP contribution in [-0.2, 0) is 13.1 Å². The van der Waals surface area contributed by atoms with Crippen LogP contribution < -0.4 is 10.6 Å². The minimum Gasteiger partial charge on any atom is -0.337 e. The van der Waals surface area contributed by atoms with Gasteiger partial charge < -0.3 is 20.4 Å². The first-order valence-electron chi connectivity index (χ1n) is 11.5. The molecule has 32 heavy (non-hydrogen) atoms. The minimum absolute atomic E-state index is 0.0475. The number of nitrogens with zero attached hydrogens (tertiary/aromatic N) is 2. The zero-order chi connectivity index (χ0) is 22.1. The van der Waals surface area contributed by atoms with Gasteiger partial charge in [0, 0.05) is 43.0 Å². The highest BCUT2D eigenvalue weighted by Crippen LogP contribution is 2.30. The number of fused-ring (bicyclic) bond motifs is 1. The molecule has 1 unspecified atom stereocenters. The van der Waals surface area contributed by atoms with Crippen molar-refractivity contribution in [1.29, 1.82) is 0 Å². The van der Waals surface area contributed by atoms with Crippen LogP contribution >= 0.6 is 0 Å². The summed E-state index contributed by atoms with van der Waals surface area (Å²) in [4.78, 5) is 29.4. The molecule has 0 aliphatic carbocycles. The summed E-state index contributed by atoms with van der Waals surface area (Å²) in [6.45, 7) is 3.44. The fourth-order valence-corrected chi connectivity index (χ4v) is 5.27. The average molecular weight is 437 g/mol. The lowest BCUT2D eigenvalue weighted by atomic mass is 9.81. The molecule has 2 aromatic rings. The van der Waals surface area contributed by atoms with E-state index in [0.29, 0.717) is 24.3 Å². The molecule has 3 heterocycles. The van der Waals surface area contributed by atoms with Crippen LogP contribution in [0.15, 0.2) is 42.5 Å². The summed E-state index contributed by atoms with van der Waals surface area (Å²) in [5.41, 5.74) is 3.16. The highest BCUT2D eigenvalue weighted by Gasteiger charge is 2.37. The third-order valence-electron chi connectivity index (χ3n) is 7.01. The van der Waals surface area contributed by atoms with E-state index in [1.165, 1.54) is 25.0 Å². The average Bonchev–Trinajstić information content (AvgIpc) is 3.23. The van der Waals surface area contributed by atoms with Gasteiger partial charge in [0.1, 0.15) is 5.82 Å².